The minimum atomic E-state index is -4.23. The molecule has 0 radical (unpaired) electrons. The summed E-state index contributed by atoms with van der Waals surface area (Å²) in [5, 5.41) is 0. The molecule has 1 aliphatic rings. The van der Waals surface area contributed by atoms with Gasteiger partial charge in [0.2, 0.25) is 10.0 Å². The fourth-order valence-corrected chi connectivity index (χ4v) is 4.25. The number of carbonyl (C=O) groups is 1. The maximum atomic E-state index is 13.8. The van der Waals surface area contributed by atoms with E-state index in [1.54, 1.807) is 0 Å². The number of halogens is 3. The van der Waals surface area contributed by atoms with Crippen molar-refractivity contribution in [3.05, 3.63) is 65.5 Å². The van der Waals surface area contributed by atoms with Gasteiger partial charge in [0, 0.05) is 26.2 Å². The number of piperazine rings is 1. The summed E-state index contributed by atoms with van der Waals surface area (Å²) in [6.45, 7) is -0.163. The third-order valence-corrected chi connectivity index (χ3v) is 6.05. The number of benzene rings is 2. The maximum absolute atomic E-state index is 13.8. The van der Waals surface area contributed by atoms with Crippen LogP contribution in [0.3, 0.4) is 0 Å². The summed E-state index contributed by atoms with van der Waals surface area (Å²) in [5.41, 5.74) is -0.0972. The van der Waals surface area contributed by atoms with Gasteiger partial charge >= 0.3 is 0 Å². The number of hydrogen-bond donors (Lipinski definition) is 0. The maximum Gasteiger partial charge on any atom is 0.256 e. The van der Waals surface area contributed by atoms with Crippen LogP contribution in [-0.2, 0) is 10.0 Å². The van der Waals surface area contributed by atoms with Crippen LogP contribution in [0.15, 0.2) is 47.4 Å². The standard InChI is InChI=1S/C17H15F3N2O3S/c18-12-5-6-15(20)16(11-12)26(24,25)22-9-7-21(8-10-22)17(23)13-3-1-2-4-14(13)19/h1-6,11H,7-10H2. The second-order valence-corrected chi connectivity index (χ2v) is 7.66. The highest BCUT2D eigenvalue weighted by atomic mass is 32.2. The Kier molecular flexibility index (Phi) is 5.01. The Morgan fingerprint density at radius 3 is 2.19 bits per heavy atom. The SMILES string of the molecule is O=C(c1ccccc1F)N1CCN(S(=O)(=O)c2cc(F)ccc2F)CC1. The summed E-state index contributed by atoms with van der Waals surface area (Å²) in [6, 6.07) is 7.72. The fraction of sp³-hybridized carbons (Fsp3) is 0.235. The molecule has 0 N–H and O–H groups in total. The lowest BCUT2D eigenvalue weighted by atomic mass is 10.1. The zero-order chi connectivity index (χ0) is 18.9. The lowest BCUT2D eigenvalue weighted by molar-refractivity contribution is 0.0693. The Hall–Kier alpha value is -2.39. The first-order valence-corrected chi connectivity index (χ1v) is 9.24. The molecule has 26 heavy (non-hydrogen) atoms. The van der Waals surface area contributed by atoms with Gasteiger partial charge in [0.25, 0.3) is 5.91 Å². The second-order valence-electron chi connectivity index (χ2n) is 5.75. The Morgan fingerprint density at radius 1 is 0.885 bits per heavy atom. The van der Waals surface area contributed by atoms with Crippen molar-refractivity contribution in [3.8, 4) is 0 Å². The van der Waals surface area contributed by atoms with Gasteiger partial charge in [-0.3, -0.25) is 4.79 Å². The molecule has 0 unspecified atom stereocenters. The molecule has 0 saturated carbocycles. The van der Waals surface area contributed by atoms with Crippen molar-refractivity contribution in [1.29, 1.82) is 0 Å². The van der Waals surface area contributed by atoms with Crippen molar-refractivity contribution < 1.29 is 26.4 Å². The van der Waals surface area contributed by atoms with Crippen LogP contribution in [0.4, 0.5) is 13.2 Å². The molecule has 1 amide bonds. The minimum Gasteiger partial charge on any atom is -0.336 e. The molecule has 0 atom stereocenters. The van der Waals surface area contributed by atoms with Crippen molar-refractivity contribution >= 4 is 15.9 Å². The van der Waals surface area contributed by atoms with Crippen molar-refractivity contribution in [1.82, 2.24) is 9.21 Å². The smallest absolute Gasteiger partial charge is 0.256 e. The summed E-state index contributed by atoms with van der Waals surface area (Å²) in [7, 11) is -4.23. The Bertz CT molecular complexity index is 942. The molecule has 9 heteroatoms. The lowest BCUT2D eigenvalue weighted by Gasteiger charge is -2.34. The molecule has 3 rings (SSSR count). The normalized spacial score (nSPS) is 15.9. The summed E-state index contributed by atoms with van der Waals surface area (Å²) in [5.74, 6) is -3.11. The largest absolute Gasteiger partial charge is 0.336 e. The highest BCUT2D eigenvalue weighted by Crippen LogP contribution is 2.22. The first-order valence-electron chi connectivity index (χ1n) is 7.80. The molecule has 0 bridgehead atoms. The molecule has 0 aromatic heterocycles. The third-order valence-electron chi connectivity index (χ3n) is 4.14. The summed E-state index contributed by atoms with van der Waals surface area (Å²) < 4.78 is 66.9. The fourth-order valence-electron chi connectivity index (χ4n) is 2.75. The van der Waals surface area contributed by atoms with E-state index in [1.165, 1.54) is 29.2 Å². The Balaban J connectivity index is 1.75. The number of rotatable bonds is 3. The molecule has 2 aromatic carbocycles. The molecule has 2 aromatic rings. The second kappa shape index (κ2) is 7.08. The number of amides is 1. The van der Waals surface area contributed by atoms with E-state index in [-0.39, 0.29) is 31.7 Å². The van der Waals surface area contributed by atoms with Crippen LogP contribution < -0.4 is 0 Å². The van der Waals surface area contributed by atoms with E-state index in [4.69, 9.17) is 0 Å². The number of carbonyl (C=O) groups excluding carboxylic acids is 1. The summed E-state index contributed by atoms with van der Waals surface area (Å²) in [4.78, 5) is 12.9. The molecular weight excluding hydrogens is 369 g/mol. The highest BCUT2D eigenvalue weighted by molar-refractivity contribution is 7.89. The molecule has 1 heterocycles. The highest BCUT2D eigenvalue weighted by Gasteiger charge is 2.32. The van der Waals surface area contributed by atoms with Crippen LogP contribution in [0.5, 0.6) is 0 Å². The van der Waals surface area contributed by atoms with E-state index >= 15 is 0 Å². The lowest BCUT2D eigenvalue weighted by Crippen LogP contribution is -2.50. The third kappa shape index (κ3) is 3.45. The van der Waals surface area contributed by atoms with Gasteiger partial charge in [0.15, 0.2) is 0 Å². The van der Waals surface area contributed by atoms with Gasteiger partial charge in [-0.15, -0.1) is 0 Å². The Labute approximate surface area is 148 Å². The number of sulfonamides is 1. The van der Waals surface area contributed by atoms with Crippen LogP contribution in [0.25, 0.3) is 0 Å². The van der Waals surface area contributed by atoms with Crippen LogP contribution >= 0.6 is 0 Å². The van der Waals surface area contributed by atoms with E-state index in [0.29, 0.717) is 6.07 Å². The quantitative estimate of drug-likeness (QED) is 0.816. The van der Waals surface area contributed by atoms with Crippen molar-refractivity contribution in [2.24, 2.45) is 0 Å². The molecule has 5 nitrogen and oxygen atoms in total. The van der Waals surface area contributed by atoms with Gasteiger partial charge in [-0.25, -0.2) is 21.6 Å². The molecule has 0 aliphatic carbocycles. The van der Waals surface area contributed by atoms with Crippen molar-refractivity contribution in [3.63, 3.8) is 0 Å². The van der Waals surface area contributed by atoms with Crippen molar-refractivity contribution in [2.45, 2.75) is 4.90 Å². The van der Waals surface area contributed by atoms with Gasteiger partial charge in [-0.1, -0.05) is 12.1 Å². The zero-order valence-electron chi connectivity index (χ0n) is 13.5. The molecule has 1 saturated heterocycles. The van der Waals surface area contributed by atoms with Crippen LogP contribution in [0, 0.1) is 17.5 Å². The van der Waals surface area contributed by atoms with E-state index in [9.17, 15) is 26.4 Å². The molecule has 0 spiro atoms. The summed E-state index contributed by atoms with van der Waals surface area (Å²) in [6.07, 6.45) is 0. The van der Waals surface area contributed by atoms with Crippen LogP contribution in [-0.4, -0.2) is 49.7 Å². The van der Waals surface area contributed by atoms with Crippen LogP contribution in [0.2, 0.25) is 0 Å². The number of nitrogens with zero attached hydrogens (tertiary/aromatic N) is 2. The number of hydrogen-bond acceptors (Lipinski definition) is 3. The predicted molar refractivity (Wildman–Crippen MR) is 87.4 cm³/mol. The van der Waals surface area contributed by atoms with Gasteiger partial charge in [0.05, 0.1) is 5.56 Å². The van der Waals surface area contributed by atoms with E-state index in [1.807, 2.05) is 0 Å². The average Bonchev–Trinajstić information content (AvgIpc) is 2.63. The first kappa shape index (κ1) is 18.4. The monoisotopic (exact) mass is 384 g/mol. The molecule has 1 aliphatic heterocycles. The van der Waals surface area contributed by atoms with Gasteiger partial charge < -0.3 is 4.90 Å². The molecule has 138 valence electrons. The average molecular weight is 384 g/mol. The summed E-state index contributed by atoms with van der Waals surface area (Å²) >= 11 is 0. The van der Waals surface area contributed by atoms with Gasteiger partial charge in [-0.05, 0) is 30.3 Å². The first-order chi connectivity index (χ1) is 12.3. The van der Waals surface area contributed by atoms with E-state index in [2.05, 4.69) is 0 Å². The van der Waals surface area contributed by atoms with Crippen LogP contribution in [0.1, 0.15) is 10.4 Å². The molecule has 1 fully saturated rings. The van der Waals surface area contributed by atoms with Crippen molar-refractivity contribution in [2.75, 3.05) is 26.2 Å². The zero-order valence-corrected chi connectivity index (χ0v) is 14.3. The van der Waals surface area contributed by atoms with E-state index < -0.39 is 38.3 Å². The topological polar surface area (TPSA) is 57.7 Å². The molecular formula is C17H15F3N2O3S. The Morgan fingerprint density at radius 2 is 1.54 bits per heavy atom. The predicted octanol–water partition coefficient (Wildman–Crippen LogP) is 2.25. The van der Waals surface area contributed by atoms with Gasteiger partial charge in [0.1, 0.15) is 22.3 Å². The van der Waals surface area contributed by atoms with E-state index in [0.717, 1.165) is 16.4 Å². The van der Waals surface area contributed by atoms with Gasteiger partial charge in [-0.2, -0.15) is 4.31 Å². The minimum absolute atomic E-state index is 0.0172.